The van der Waals surface area contributed by atoms with E-state index in [1.165, 1.54) is 6.42 Å². The molecule has 1 heterocycles. The van der Waals surface area contributed by atoms with Gasteiger partial charge in [0, 0.05) is 26.1 Å². The fourth-order valence-electron chi connectivity index (χ4n) is 3.38. The Labute approximate surface area is 131 Å². The van der Waals surface area contributed by atoms with E-state index < -0.39 is 5.41 Å². The van der Waals surface area contributed by atoms with Crippen LogP contribution in [0.1, 0.15) is 45.4 Å². The molecule has 0 aromatic heterocycles. The van der Waals surface area contributed by atoms with Gasteiger partial charge in [0.2, 0.25) is 11.8 Å². The third-order valence-corrected chi connectivity index (χ3v) is 5.02. The van der Waals surface area contributed by atoms with Crippen LogP contribution < -0.4 is 11.1 Å². The Bertz CT molecular complexity index is 427. The number of piperidine rings is 1. The highest BCUT2D eigenvalue weighted by atomic mass is 32.1. The van der Waals surface area contributed by atoms with Crippen molar-refractivity contribution < 1.29 is 9.59 Å². The molecule has 21 heavy (non-hydrogen) atoms. The monoisotopic (exact) mass is 311 g/mol. The van der Waals surface area contributed by atoms with Crippen LogP contribution in [-0.2, 0) is 9.59 Å². The Kier molecular flexibility index (Phi) is 5.19. The van der Waals surface area contributed by atoms with Gasteiger partial charge in [-0.2, -0.15) is 0 Å². The second-order valence-electron chi connectivity index (χ2n) is 6.41. The van der Waals surface area contributed by atoms with Crippen LogP contribution in [0.25, 0.3) is 0 Å². The predicted octanol–water partition coefficient (Wildman–Crippen LogP) is 1.21. The molecule has 6 heteroatoms. The molecule has 0 atom stereocenters. The minimum atomic E-state index is -0.678. The summed E-state index contributed by atoms with van der Waals surface area (Å²) in [7, 11) is 0. The van der Waals surface area contributed by atoms with Gasteiger partial charge < -0.3 is 16.0 Å². The van der Waals surface area contributed by atoms with E-state index >= 15 is 0 Å². The van der Waals surface area contributed by atoms with Crippen molar-refractivity contribution in [3.8, 4) is 0 Å². The normalized spacial score (nSPS) is 28.6. The zero-order chi connectivity index (χ0) is 15.5. The molecule has 1 aliphatic carbocycles. The third-order valence-electron chi connectivity index (χ3n) is 4.63. The molecule has 1 aliphatic heterocycles. The van der Waals surface area contributed by atoms with Crippen LogP contribution in [0.15, 0.2) is 0 Å². The van der Waals surface area contributed by atoms with Gasteiger partial charge in [-0.05, 0) is 38.0 Å². The molecule has 2 amide bonds. The highest BCUT2D eigenvalue weighted by molar-refractivity contribution is 7.80. The van der Waals surface area contributed by atoms with Crippen molar-refractivity contribution in [3.05, 3.63) is 0 Å². The molecule has 2 fully saturated rings. The van der Waals surface area contributed by atoms with Crippen LogP contribution in [0.3, 0.4) is 0 Å². The summed E-state index contributed by atoms with van der Waals surface area (Å²) in [4.78, 5) is 26.5. The molecular formula is C15H25N3O2S. The predicted molar refractivity (Wildman–Crippen MR) is 85.7 cm³/mol. The SMILES string of the molecule is CC1CC(C(=O)NCCC(=O)N2CCCCC2)(C(N)=S)C1. The summed E-state index contributed by atoms with van der Waals surface area (Å²) in [6.07, 6.45) is 5.16. The first-order valence-electron chi connectivity index (χ1n) is 7.82. The van der Waals surface area contributed by atoms with Crippen molar-refractivity contribution in [1.82, 2.24) is 10.2 Å². The zero-order valence-corrected chi connectivity index (χ0v) is 13.5. The number of carbonyl (C=O) groups is 2. The van der Waals surface area contributed by atoms with Gasteiger partial charge in [0.25, 0.3) is 0 Å². The maximum absolute atomic E-state index is 12.3. The quantitative estimate of drug-likeness (QED) is 0.748. The van der Waals surface area contributed by atoms with E-state index in [9.17, 15) is 9.59 Å². The van der Waals surface area contributed by atoms with Crippen LogP contribution in [0, 0.1) is 11.3 Å². The summed E-state index contributed by atoms with van der Waals surface area (Å²) in [6, 6.07) is 0. The molecule has 2 aliphatic rings. The lowest BCUT2D eigenvalue weighted by atomic mass is 9.62. The topological polar surface area (TPSA) is 75.4 Å². The lowest BCUT2D eigenvalue weighted by Gasteiger charge is -2.44. The number of amides is 2. The van der Waals surface area contributed by atoms with Crippen molar-refractivity contribution in [2.45, 2.75) is 45.4 Å². The van der Waals surface area contributed by atoms with Crippen LogP contribution in [0.2, 0.25) is 0 Å². The van der Waals surface area contributed by atoms with Gasteiger partial charge in [-0.25, -0.2) is 0 Å². The van der Waals surface area contributed by atoms with Crippen LogP contribution >= 0.6 is 12.2 Å². The molecular weight excluding hydrogens is 286 g/mol. The van der Waals surface area contributed by atoms with Crippen molar-refractivity contribution >= 4 is 29.0 Å². The number of thiocarbonyl (C=S) groups is 1. The van der Waals surface area contributed by atoms with Crippen molar-refractivity contribution in [2.24, 2.45) is 17.1 Å². The number of hydrogen-bond acceptors (Lipinski definition) is 3. The van der Waals surface area contributed by atoms with Gasteiger partial charge in [-0.3, -0.25) is 9.59 Å². The van der Waals surface area contributed by atoms with E-state index in [4.69, 9.17) is 18.0 Å². The van der Waals surface area contributed by atoms with E-state index in [2.05, 4.69) is 12.2 Å². The molecule has 1 saturated heterocycles. The Morgan fingerprint density at radius 1 is 1.29 bits per heavy atom. The molecule has 2 rings (SSSR count). The highest BCUT2D eigenvalue weighted by Gasteiger charge is 2.50. The summed E-state index contributed by atoms with van der Waals surface area (Å²) in [5, 5.41) is 2.84. The molecule has 118 valence electrons. The fourth-order valence-corrected chi connectivity index (χ4v) is 3.64. The average Bonchev–Trinajstić information content (AvgIpc) is 2.43. The van der Waals surface area contributed by atoms with Crippen LogP contribution in [0.5, 0.6) is 0 Å². The maximum Gasteiger partial charge on any atom is 0.233 e. The number of nitrogens with two attached hydrogens (primary N) is 1. The maximum atomic E-state index is 12.3. The van der Waals surface area contributed by atoms with Crippen molar-refractivity contribution in [2.75, 3.05) is 19.6 Å². The summed E-state index contributed by atoms with van der Waals surface area (Å²) in [5.41, 5.74) is 5.06. The second kappa shape index (κ2) is 6.73. The molecule has 0 aromatic rings. The van der Waals surface area contributed by atoms with Crippen molar-refractivity contribution in [3.63, 3.8) is 0 Å². The van der Waals surface area contributed by atoms with Crippen molar-refractivity contribution in [1.29, 1.82) is 0 Å². The molecule has 0 bridgehead atoms. The minimum absolute atomic E-state index is 0.112. The van der Waals surface area contributed by atoms with Gasteiger partial charge in [0.15, 0.2) is 0 Å². The molecule has 0 spiro atoms. The highest BCUT2D eigenvalue weighted by Crippen LogP contribution is 2.45. The van der Waals surface area contributed by atoms with E-state index in [0.29, 0.717) is 31.7 Å². The first kappa shape index (κ1) is 16.2. The summed E-state index contributed by atoms with van der Waals surface area (Å²) >= 11 is 5.06. The fraction of sp³-hybridized carbons (Fsp3) is 0.800. The van der Waals surface area contributed by atoms with E-state index in [1.807, 2.05) is 4.90 Å². The van der Waals surface area contributed by atoms with Crippen LogP contribution in [-0.4, -0.2) is 41.3 Å². The molecule has 0 unspecified atom stereocenters. The Hall–Kier alpha value is -1.17. The van der Waals surface area contributed by atoms with E-state index in [1.54, 1.807) is 0 Å². The Balaban J connectivity index is 1.76. The lowest BCUT2D eigenvalue weighted by Crippen LogP contribution is -2.56. The molecule has 0 aromatic carbocycles. The third kappa shape index (κ3) is 3.54. The average molecular weight is 311 g/mol. The molecule has 0 radical (unpaired) electrons. The van der Waals surface area contributed by atoms with Gasteiger partial charge in [-0.15, -0.1) is 0 Å². The smallest absolute Gasteiger partial charge is 0.233 e. The lowest BCUT2D eigenvalue weighted by molar-refractivity contribution is -0.134. The number of likely N-dealkylation sites (tertiary alicyclic amines) is 1. The standard InChI is InChI=1S/C15H25N3O2S/c1-11-9-15(10-11,13(16)21)14(20)17-6-5-12(19)18-7-3-2-4-8-18/h11H,2-10H2,1H3,(H2,16,21)(H,17,20). The summed E-state index contributed by atoms with van der Waals surface area (Å²) in [5.74, 6) is 0.494. The number of nitrogens with one attached hydrogen (secondary N) is 1. The van der Waals surface area contributed by atoms with Crippen LogP contribution in [0.4, 0.5) is 0 Å². The first-order chi connectivity index (χ1) is 9.95. The first-order valence-corrected chi connectivity index (χ1v) is 8.22. The molecule has 3 N–H and O–H groups in total. The van der Waals surface area contributed by atoms with Gasteiger partial charge in [0.1, 0.15) is 0 Å². The minimum Gasteiger partial charge on any atom is -0.392 e. The van der Waals surface area contributed by atoms with E-state index in [-0.39, 0.29) is 16.8 Å². The number of carbonyl (C=O) groups excluding carboxylic acids is 2. The molecule has 1 saturated carbocycles. The van der Waals surface area contributed by atoms with Gasteiger partial charge in [0.05, 0.1) is 10.4 Å². The van der Waals surface area contributed by atoms with E-state index in [0.717, 1.165) is 25.9 Å². The summed E-state index contributed by atoms with van der Waals surface area (Å²) in [6.45, 7) is 4.15. The number of rotatable bonds is 5. The Morgan fingerprint density at radius 3 is 2.43 bits per heavy atom. The molecule has 5 nitrogen and oxygen atoms in total. The Morgan fingerprint density at radius 2 is 1.90 bits per heavy atom. The largest absolute Gasteiger partial charge is 0.392 e. The van der Waals surface area contributed by atoms with Gasteiger partial charge in [-0.1, -0.05) is 19.1 Å². The number of nitrogens with zero attached hydrogens (tertiary/aromatic N) is 1. The summed E-state index contributed by atoms with van der Waals surface area (Å²) < 4.78 is 0. The second-order valence-corrected chi connectivity index (χ2v) is 6.85. The number of hydrogen-bond donors (Lipinski definition) is 2. The van der Waals surface area contributed by atoms with Gasteiger partial charge >= 0.3 is 0 Å². The zero-order valence-electron chi connectivity index (χ0n) is 12.7.